The molecule has 27 heavy (non-hydrogen) atoms. The van der Waals surface area contributed by atoms with Crippen LogP contribution in [0.4, 0.5) is 0 Å². The zero-order valence-electron chi connectivity index (χ0n) is 16.1. The van der Waals surface area contributed by atoms with Gasteiger partial charge in [-0.1, -0.05) is 6.92 Å². The van der Waals surface area contributed by atoms with Crippen LogP contribution in [-0.4, -0.2) is 45.8 Å². The average Bonchev–Trinajstić information content (AvgIpc) is 3.21. The highest BCUT2D eigenvalue weighted by Gasteiger charge is 2.27. The first kappa shape index (κ1) is 19.1. The Morgan fingerprint density at radius 1 is 1.22 bits per heavy atom. The largest absolute Gasteiger partial charge is 0.484 e. The number of nitrogens with zero attached hydrogens (tertiary/aromatic N) is 3. The second-order valence-corrected chi connectivity index (χ2v) is 6.84. The third-order valence-electron chi connectivity index (χ3n) is 5.09. The maximum Gasteiger partial charge on any atom is 0.260 e. The highest BCUT2D eigenvalue weighted by atomic mass is 16.5. The summed E-state index contributed by atoms with van der Waals surface area (Å²) in [5, 5.41) is 0. The van der Waals surface area contributed by atoms with Gasteiger partial charge < -0.3 is 14.2 Å². The van der Waals surface area contributed by atoms with Crippen LogP contribution in [0.25, 0.3) is 0 Å². The number of piperidine rings is 1. The van der Waals surface area contributed by atoms with Gasteiger partial charge in [-0.25, -0.2) is 4.98 Å². The summed E-state index contributed by atoms with van der Waals surface area (Å²) in [4.78, 5) is 30.6. The number of amides is 1. The van der Waals surface area contributed by atoms with E-state index in [1.165, 1.54) is 0 Å². The summed E-state index contributed by atoms with van der Waals surface area (Å²) >= 11 is 0. The minimum atomic E-state index is -0.0111. The molecule has 1 saturated heterocycles. The lowest BCUT2D eigenvalue weighted by atomic mass is 9.97. The van der Waals surface area contributed by atoms with Crippen molar-refractivity contribution in [2.45, 2.75) is 45.6 Å². The van der Waals surface area contributed by atoms with Crippen LogP contribution >= 0.6 is 0 Å². The number of ether oxygens (including phenoxy) is 1. The van der Waals surface area contributed by atoms with Crippen molar-refractivity contribution in [3.8, 4) is 5.75 Å². The Morgan fingerprint density at radius 2 is 2.00 bits per heavy atom. The summed E-state index contributed by atoms with van der Waals surface area (Å²) in [5.41, 5.74) is 0.668. The third-order valence-corrected chi connectivity index (χ3v) is 5.09. The molecule has 0 bridgehead atoms. The van der Waals surface area contributed by atoms with E-state index in [0.717, 1.165) is 31.8 Å². The Bertz CT molecular complexity index is 782. The van der Waals surface area contributed by atoms with Crippen molar-refractivity contribution in [3.05, 3.63) is 48.0 Å². The molecular formula is C21H27N3O3. The van der Waals surface area contributed by atoms with Crippen LogP contribution in [0.15, 0.2) is 36.7 Å². The van der Waals surface area contributed by atoms with Crippen LogP contribution < -0.4 is 4.74 Å². The van der Waals surface area contributed by atoms with Gasteiger partial charge in [-0.05, 0) is 44.0 Å². The molecule has 0 aliphatic carbocycles. The van der Waals surface area contributed by atoms with Crippen molar-refractivity contribution in [3.63, 3.8) is 0 Å². The van der Waals surface area contributed by atoms with Gasteiger partial charge in [0.05, 0.1) is 0 Å². The molecule has 1 aromatic heterocycles. The molecule has 0 saturated carbocycles. The standard InChI is InChI=1S/C21H27N3O3/c1-3-19(25)16-7-9-18(10-8-16)27-15-20(26)24-12-5-6-17(14-24)21-22-11-13-23(21)4-2/h7-11,13,17H,3-6,12,14-15H2,1-2H3. The molecule has 2 aromatic rings. The highest BCUT2D eigenvalue weighted by Crippen LogP contribution is 2.26. The summed E-state index contributed by atoms with van der Waals surface area (Å²) in [6, 6.07) is 6.97. The number of carbonyl (C=O) groups excluding carboxylic acids is 2. The zero-order valence-corrected chi connectivity index (χ0v) is 16.1. The maximum absolute atomic E-state index is 12.6. The maximum atomic E-state index is 12.6. The van der Waals surface area contributed by atoms with Crippen LogP contribution in [0.3, 0.4) is 0 Å². The number of aryl methyl sites for hydroxylation is 1. The Morgan fingerprint density at radius 3 is 2.70 bits per heavy atom. The van der Waals surface area contributed by atoms with Crippen LogP contribution in [0.5, 0.6) is 5.75 Å². The summed E-state index contributed by atoms with van der Waals surface area (Å²) in [6.07, 6.45) is 6.32. The van der Waals surface area contributed by atoms with E-state index in [1.807, 2.05) is 24.2 Å². The lowest BCUT2D eigenvalue weighted by molar-refractivity contribution is -0.134. The van der Waals surface area contributed by atoms with Crippen LogP contribution in [0.2, 0.25) is 0 Å². The first-order valence-electron chi connectivity index (χ1n) is 9.67. The molecule has 1 aromatic carbocycles. The summed E-state index contributed by atoms with van der Waals surface area (Å²) < 4.78 is 7.78. The third kappa shape index (κ3) is 4.56. The number of hydrogen-bond acceptors (Lipinski definition) is 4. The van der Waals surface area contributed by atoms with Gasteiger partial charge in [-0.15, -0.1) is 0 Å². The van der Waals surface area contributed by atoms with Gasteiger partial charge in [0.15, 0.2) is 12.4 Å². The SMILES string of the molecule is CCC(=O)c1ccc(OCC(=O)N2CCCC(c3nccn3CC)C2)cc1. The van der Waals surface area contributed by atoms with E-state index in [-0.39, 0.29) is 24.2 Å². The van der Waals surface area contributed by atoms with E-state index in [1.54, 1.807) is 24.3 Å². The number of aromatic nitrogens is 2. The molecule has 0 N–H and O–H groups in total. The molecule has 2 heterocycles. The molecule has 1 atom stereocenters. The second-order valence-electron chi connectivity index (χ2n) is 6.84. The number of hydrogen-bond donors (Lipinski definition) is 0. The number of likely N-dealkylation sites (tertiary alicyclic amines) is 1. The molecule has 0 spiro atoms. The first-order chi connectivity index (χ1) is 13.1. The number of carbonyl (C=O) groups is 2. The number of ketones is 1. The van der Waals surface area contributed by atoms with Crippen LogP contribution in [0, 0.1) is 0 Å². The molecule has 6 nitrogen and oxygen atoms in total. The molecule has 6 heteroatoms. The fourth-order valence-electron chi connectivity index (χ4n) is 3.54. The van der Waals surface area contributed by atoms with Gasteiger partial charge in [0.2, 0.25) is 0 Å². The van der Waals surface area contributed by atoms with E-state index >= 15 is 0 Å². The summed E-state index contributed by atoms with van der Waals surface area (Å²) in [7, 11) is 0. The van der Waals surface area contributed by atoms with E-state index in [0.29, 0.717) is 24.3 Å². The van der Waals surface area contributed by atoms with E-state index in [2.05, 4.69) is 16.5 Å². The van der Waals surface area contributed by atoms with Crippen molar-refractivity contribution in [2.75, 3.05) is 19.7 Å². The highest BCUT2D eigenvalue weighted by molar-refractivity contribution is 5.95. The van der Waals surface area contributed by atoms with Crippen molar-refractivity contribution in [1.29, 1.82) is 0 Å². The first-order valence-corrected chi connectivity index (χ1v) is 9.67. The quantitative estimate of drug-likeness (QED) is 0.703. The minimum Gasteiger partial charge on any atom is -0.484 e. The monoisotopic (exact) mass is 369 g/mol. The molecule has 1 aliphatic rings. The average molecular weight is 369 g/mol. The smallest absolute Gasteiger partial charge is 0.260 e. The summed E-state index contributed by atoms with van der Waals surface area (Å²) in [6.45, 7) is 6.28. The second kappa shape index (κ2) is 8.84. The van der Waals surface area contributed by atoms with Gasteiger partial charge in [-0.2, -0.15) is 0 Å². The van der Waals surface area contributed by atoms with Crippen molar-refractivity contribution < 1.29 is 14.3 Å². The Balaban J connectivity index is 1.55. The molecule has 144 valence electrons. The predicted molar refractivity (Wildman–Crippen MR) is 103 cm³/mol. The van der Waals surface area contributed by atoms with Gasteiger partial charge in [-0.3, -0.25) is 9.59 Å². The Labute approximate surface area is 160 Å². The molecule has 0 radical (unpaired) electrons. The molecule has 1 amide bonds. The van der Waals surface area contributed by atoms with Crippen LogP contribution in [0.1, 0.15) is 55.2 Å². The molecule has 1 aliphatic heterocycles. The van der Waals surface area contributed by atoms with Crippen LogP contribution in [-0.2, 0) is 11.3 Å². The lowest BCUT2D eigenvalue weighted by Crippen LogP contribution is -2.42. The number of benzene rings is 1. The normalized spacial score (nSPS) is 17.0. The van der Waals surface area contributed by atoms with Gasteiger partial charge in [0, 0.05) is 49.9 Å². The van der Waals surface area contributed by atoms with Crippen molar-refractivity contribution >= 4 is 11.7 Å². The summed E-state index contributed by atoms with van der Waals surface area (Å²) in [5.74, 6) is 2.03. The van der Waals surface area contributed by atoms with E-state index < -0.39 is 0 Å². The molecule has 1 fully saturated rings. The molecule has 3 rings (SSSR count). The number of rotatable bonds is 7. The number of Topliss-reactive ketones (excluding diaryl/α,β-unsaturated/α-hetero) is 1. The van der Waals surface area contributed by atoms with E-state index in [9.17, 15) is 9.59 Å². The van der Waals surface area contributed by atoms with Crippen molar-refractivity contribution in [1.82, 2.24) is 14.5 Å². The number of imidazole rings is 1. The Kier molecular flexibility index (Phi) is 6.27. The zero-order chi connectivity index (χ0) is 19.2. The minimum absolute atomic E-state index is 0.00993. The van der Waals surface area contributed by atoms with Crippen molar-refractivity contribution in [2.24, 2.45) is 0 Å². The Hall–Kier alpha value is -2.63. The topological polar surface area (TPSA) is 64.4 Å². The predicted octanol–water partition coefficient (Wildman–Crippen LogP) is 3.28. The lowest BCUT2D eigenvalue weighted by Gasteiger charge is -2.32. The van der Waals surface area contributed by atoms with Gasteiger partial charge >= 0.3 is 0 Å². The van der Waals surface area contributed by atoms with Gasteiger partial charge in [0.1, 0.15) is 11.6 Å². The fraction of sp³-hybridized carbons (Fsp3) is 0.476. The van der Waals surface area contributed by atoms with Gasteiger partial charge in [0.25, 0.3) is 5.91 Å². The fourth-order valence-corrected chi connectivity index (χ4v) is 3.54. The van der Waals surface area contributed by atoms with E-state index in [4.69, 9.17) is 4.74 Å². The molecular weight excluding hydrogens is 342 g/mol. The molecule has 1 unspecified atom stereocenters.